The SMILES string of the molecule is [C-]1=CC=CC1.[C-]1=CC=CC1.[NH-]Cl.[NH-]Cl.[Ti+4]. The van der Waals surface area contributed by atoms with Crippen molar-refractivity contribution in [3.63, 3.8) is 0 Å². The number of rotatable bonds is 0. The molecule has 0 heterocycles. The van der Waals surface area contributed by atoms with E-state index in [0.717, 1.165) is 12.8 Å². The third-order valence-electron chi connectivity index (χ3n) is 1.17. The third-order valence-corrected chi connectivity index (χ3v) is 1.17. The fourth-order valence-corrected chi connectivity index (χ4v) is 0.680. The number of hydrogen-bond donors (Lipinski definition) is 0. The summed E-state index contributed by atoms with van der Waals surface area (Å²) in [4.78, 5) is 0. The molecule has 5 heteroatoms. The molecule has 2 rings (SSSR count). The van der Waals surface area contributed by atoms with Gasteiger partial charge in [0.05, 0.1) is 0 Å². The molecular weight excluding hydrogens is 267 g/mol. The summed E-state index contributed by atoms with van der Waals surface area (Å²) < 4.78 is 0. The number of allylic oxidation sites excluding steroid dienone is 8. The van der Waals surface area contributed by atoms with Gasteiger partial charge in [0, 0.05) is 0 Å². The quantitative estimate of drug-likeness (QED) is 0.443. The summed E-state index contributed by atoms with van der Waals surface area (Å²) in [5, 5.41) is 10.4. The minimum Gasteiger partial charge on any atom is -0.590 e. The van der Waals surface area contributed by atoms with E-state index in [-0.39, 0.29) is 21.7 Å². The number of halogens is 2. The standard InChI is InChI=1S/2C5H5.2ClHN.Ti/c2*1-2-4-5-3-1;2*1-2;/h2*1-3H,4H2;2*2H;/q4*-1;+4. The van der Waals surface area contributed by atoms with Crippen molar-refractivity contribution in [2.24, 2.45) is 0 Å². The van der Waals surface area contributed by atoms with Crippen molar-refractivity contribution in [2.75, 3.05) is 0 Å². The Kier molecular flexibility index (Phi) is 32.6. The van der Waals surface area contributed by atoms with Crippen molar-refractivity contribution in [1.82, 2.24) is 0 Å². The molecule has 0 aromatic carbocycles. The minimum atomic E-state index is 0. The van der Waals surface area contributed by atoms with Crippen LogP contribution in [0.3, 0.4) is 0 Å². The average molecular weight is 279 g/mol. The molecule has 0 amide bonds. The molecule has 0 aliphatic heterocycles. The predicted octanol–water partition coefficient (Wildman–Crippen LogP) is 4.99. The molecule has 0 saturated heterocycles. The summed E-state index contributed by atoms with van der Waals surface area (Å²) in [6.45, 7) is 0. The van der Waals surface area contributed by atoms with Gasteiger partial charge in [-0.15, -0.1) is 12.8 Å². The number of nitrogens with one attached hydrogen (secondary N) is 2. The first-order valence-corrected chi connectivity index (χ1v) is 4.57. The molecule has 2 aliphatic rings. The van der Waals surface area contributed by atoms with Crippen LogP contribution in [0.15, 0.2) is 36.5 Å². The summed E-state index contributed by atoms with van der Waals surface area (Å²) in [5.41, 5.74) is 0. The molecule has 0 aromatic heterocycles. The second-order valence-electron chi connectivity index (χ2n) is 2.01. The van der Waals surface area contributed by atoms with E-state index in [2.05, 4.69) is 47.9 Å². The van der Waals surface area contributed by atoms with Gasteiger partial charge in [-0.2, -0.15) is 12.2 Å². The van der Waals surface area contributed by atoms with Gasteiger partial charge in [0.1, 0.15) is 0 Å². The van der Waals surface area contributed by atoms with Gasteiger partial charge in [-0.3, -0.25) is 35.7 Å². The monoisotopic (exact) mass is 278 g/mol. The van der Waals surface area contributed by atoms with E-state index in [4.69, 9.17) is 10.5 Å². The molecule has 80 valence electrons. The molecule has 0 radical (unpaired) electrons. The van der Waals surface area contributed by atoms with Gasteiger partial charge in [0.25, 0.3) is 0 Å². The zero-order chi connectivity index (χ0) is 11.1. The Labute approximate surface area is 117 Å². The summed E-state index contributed by atoms with van der Waals surface area (Å²) in [6, 6.07) is 0. The van der Waals surface area contributed by atoms with Crippen LogP contribution in [0.5, 0.6) is 0 Å². The van der Waals surface area contributed by atoms with Gasteiger partial charge in [-0.25, -0.2) is 24.3 Å². The minimum absolute atomic E-state index is 0. The fraction of sp³-hybridized carbons (Fsp3) is 0.200. The van der Waals surface area contributed by atoms with E-state index in [1.54, 1.807) is 0 Å². The van der Waals surface area contributed by atoms with E-state index in [1.165, 1.54) is 0 Å². The van der Waals surface area contributed by atoms with Crippen LogP contribution >= 0.6 is 23.6 Å². The van der Waals surface area contributed by atoms with E-state index in [0.29, 0.717) is 0 Å². The maximum Gasteiger partial charge on any atom is 4.00 e. The van der Waals surface area contributed by atoms with Crippen molar-refractivity contribution in [3.8, 4) is 0 Å². The van der Waals surface area contributed by atoms with Crippen molar-refractivity contribution < 1.29 is 21.7 Å². The van der Waals surface area contributed by atoms with Crippen molar-refractivity contribution in [2.45, 2.75) is 12.8 Å². The maximum absolute atomic E-state index is 5.22. The molecule has 15 heavy (non-hydrogen) atoms. The average Bonchev–Trinajstić information content (AvgIpc) is 3.01. The van der Waals surface area contributed by atoms with Crippen molar-refractivity contribution >= 4 is 23.6 Å². The van der Waals surface area contributed by atoms with Gasteiger partial charge in [-0.1, -0.05) is 0 Å². The normalized spacial score (nSPS) is 12.5. The molecule has 0 saturated carbocycles. The van der Waals surface area contributed by atoms with Gasteiger partial charge in [0.2, 0.25) is 0 Å². The first-order chi connectivity index (χ1) is 7.00. The molecule has 2 aliphatic carbocycles. The largest absolute Gasteiger partial charge is 4.00 e. The first kappa shape index (κ1) is 20.6. The van der Waals surface area contributed by atoms with Gasteiger partial charge >= 0.3 is 21.7 Å². The van der Waals surface area contributed by atoms with E-state index < -0.39 is 0 Å². The number of hydrogen-bond acceptors (Lipinski definition) is 0. The third kappa shape index (κ3) is 20.3. The van der Waals surface area contributed by atoms with Gasteiger partial charge < -0.3 is 10.5 Å². The Morgan fingerprint density at radius 3 is 1.20 bits per heavy atom. The fourth-order valence-electron chi connectivity index (χ4n) is 0.680. The molecule has 2 nitrogen and oxygen atoms in total. The molecule has 0 aromatic rings. The molecule has 2 N–H and O–H groups in total. The van der Waals surface area contributed by atoms with Crippen LogP contribution in [0.2, 0.25) is 0 Å². The summed E-state index contributed by atoms with van der Waals surface area (Å²) >= 11 is 7.78. The van der Waals surface area contributed by atoms with Crippen LogP contribution < -0.4 is 0 Å². The second kappa shape index (κ2) is 23.8. The summed E-state index contributed by atoms with van der Waals surface area (Å²) in [6.07, 6.45) is 20.0. The van der Waals surface area contributed by atoms with Crippen LogP contribution in [-0.4, -0.2) is 0 Å². The van der Waals surface area contributed by atoms with E-state index in [9.17, 15) is 0 Å². The van der Waals surface area contributed by atoms with Gasteiger partial charge in [-0.05, 0) is 0 Å². The van der Waals surface area contributed by atoms with E-state index in [1.807, 2.05) is 24.3 Å². The smallest absolute Gasteiger partial charge is 0.590 e. The summed E-state index contributed by atoms with van der Waals surface area (Å²) in [5.74, 6) is 0. The van der Waals surface area contributed by atoms with Gasteiger partial charge in [0.15, 0.2) is 0 Å². The molecule has 0 fully saturated rings. The zero-order valence-electron chi connectivity index (χ0n) is 8.13. The van der Waals surface area contributed by atoms with Crippen LogP contribution in [0.4, 0.5) is 0 Å². The Hall–Kier alpha value is 0.174. The second-order valence-corrected chi connectivity index (χ2v) is 2.01. The Bertz CT molecular complexity index is 160. The molecule has 0 unspecified atom stereocenters. The molecule has 0 bridgehead atoms. The first-order valence-electron chi connectivity index (χ1n) is 3.81. The Morgan fingerprint density at radius 1 is 0.800 bits per heavy atom. The molecule has 0 atom stereocenters. The van der Waals surface area contributed by atoms with Crippen LogP contribution in [0.25, 0.3) is 10.5 Å². The zero-order valence-corrected chi connectivity index (χ0v) is 11.2. The van der Waals surface area contributed by atoms with Crippen LogP contribution in [0.1, 0.15) is 12.8 Å². The van der Waals surface area contributed by atoms with Crippen molar-refractivity contribution in [3.05, 3.63) is 59.1 Å². The predicted molar refractivity (Wildman–Crippen MR) is 63.5 cm³/mol. The topological polar surface area (TPSA) is 47.6 Å². The summed E-state index contributed by atoms with van der Waals surface area (Å²) in [7, 11) is 0. The maximum atomic E-state index is 5.22. The van der Waals surface area contributed by atoms with E-state index >= 15 is 0 Å². The Morgan fingerprint density at radius 2 is 1.13 bits per heavy atom. The van der Waals surface area contributed by atoms with Crippen LogP contribution in [0, 0.1) is 12.2 Å². The Balaban J connectivity index is -0.000000138. The van der Waals surface area contributed by atoms with Crippen molar-refractivity contribution in [1.29, 1.82) is 0 Å². The molecular formula is C10H12Cl2N2Ti. The molecule has 0 spiro atoms. The van der Waals surface area contributed by atoms with Crippen LogP contribution in [-0.2, 0) is 21.7 Å².